The summed E-state index contributed by atoms with van der Waals surface area (Å²) in [5.41, 5.74) is 2.30. The van der Waals surface area contributed by atoms with Gasteiger partial charge in [-0.05, 0) is 48.4 Å². The molecule has 0 radical (unpaired) electrons. The van der Waals surface area contributed by atoms with Gasteiger partial charge in [0.05, 0.1) is 29.8 Å². The Hall–Kier alpha value is -2.64. The lowest BCUT2D eigenvalue weighted by Crippen LogP contribution is -2.28. The van der Waals surface area contributed by atoms with Crippen LogP contribution in [0.25, 0.3) is 0 Å². The van der Waals surface area contributed by atoms with Crippen LogP contribution in [-0.2, 0) is 6.42 Å². The molecule has 1 amide bonds. The van der Waals surface area contributed by atoms with Gasteiger partial charge in [-0.1, -0.05) is 25.1 Å². The molecule has 162 valence electrons. The lowest BCUT2D eigenvalue weighted by Gasteiger charge is -2.33. The first-order valence-corrected chi connectivity index (χ1v) is 11.9. The minimum absolute atomic E-state index is 0.0376. The van der Waals surface area contributed by atoms with Gasteiger partial charge in [-0.2, -0.15) is 0 Å². The van der Waals surface area contributed by atoms with Crippen LogP contribution in [-0.4, -0.2) is 38.5 Å². The van der Waals surface area contributed by atoms with E-state index < -0.39 is 0 Å². The molecular formula is C24H26N2O3S2. The van der Waals surface area contributed by atoms with Crippen molar-refractivity contribution >= 4 is 39.7 Å². The third-order valence-corrected chi connectivity index (χ3v) is 7.41. The number of para-hydroxylation sites is 1. The number of hydrogen-bond donors (Lipinski definition) is 1. The van der Waals surface area contributed by atoms with Crippen molar-refractivity contribution in [3.05, 3.63) is 65.0 Å². The number of thiophene rings is 1. The Bertz CT molecular complexity index is 1070. The van der Waals surface area contributed by atoms with Crippen molar-refractivity contribution < 1.29 is 14.3 Å². The second kappa shape index (κ2) is 9.66. The molecule has 0 saturated heterocycles. The number of anilines is 2. The van der Waals surface area contributed by atoms with E-state index in [4.69, 9.17) is 9.47 Å². The Morgan fingerprint density at radius 1 is 1.10 bits per heavy atom. The molecule has 2 aromatic carbocycles. The number of carbonyl (C=O) groups excluding carboxylic acids is 1. The number of rotatable bonds is 7. The van der Waals surface area contributed by atoms with E-state index in [9.17, 15) is 4.79 Å². The summed E-state index contributed by atoms with van der Waals surface area (Å²) in [5.74, 6) is 1.36. The van der Waals surface area contributed by atoms with E-state index in [1.165, 1.54) is 21.9 Å². The molecule has 1 aromatic heterocycles. The molecule has 5 nitrogen and oxygen atoms in total. The van der Waals surface area contributed by atoms with E-state index in [1.807, 2.05) is 42.1 Å². The third-order valence-electron chi connectivity index (χ3n) is 5.15. The van der Waals surface area contributed by atoms with Gasteiger partial charge in [0, 0.05) is 23.2 Å². The fraction of sp³-hybridized carbons (Fsp3) is 0.292. The fourth-order valence-electron chi connectivity index (χ4n) is 3.64. The summed E-state index contributed by atoms with van der Waals surface area (Å²) in [5, 5.41) is 4.63. The Morgan fingerprint density at radius 3 is 2.71 bits per heavy atom. The number of carbonyl (C=O) groups is 1. The van der Waals surface area contributed by atoms with Crippen LogP contribution in [0.15, 0.2) is 59.5 Å². The zero-order chi connectivity index (χ0) is 21.8. The zero-order valence-corrected chi connectivity index (χ0v) is 19.5. The first kappa shape index (κ1) is 21.6. The fourth-order valence-corrected chi connectivity index (χ4v) is 5.70. The maximum Gasteiger partial charge on any atom is 0.261 e. The molecule has 0 bridgehead atoms. The monoisotopic (exact) mass is 454 g/mol. The molecule has 0 unspecified atom stereocenters. The van der Waals surface area contributed by atoms with E-state index in [-0.39, 0.29) is 5.91 Å². The second-order valence-corrected chi connectivity index (χ2v) is 9.88. The Kier molecular flexibility index (Phi) is 6.73. The van der Waals surface area contributed by atoms with E-state index in [0.29, 0.717) is 23.3 Å². The molecule has 7 heteroatoms. The van der Waals surface area contributed by atoms with Crippen molar-refractivity contribution in [3.8, 4) is 11.5 Å². The van der Waals surface area contributed by atoms with Crippen molar-refractivity contribution in [1.82, 2.24) is 5.32 Å². The molecule has 31 heavy (non-hydrogen) atoms. The topological polar surface area (TPSA) is 50.8 Å². The zero-order valence-electron chi connectivity index (χ0n) is 17.9. The van der Waals surface area contributed by atoms with Gasteiger partial charge in [-0.15, -0.1) is 23.1 Å². The highest BCUT2D eigenvalue weighted by Crippen LogP contribution is 2.43. The lowest BCUT2D eigenvalue weighted by molar-refractivity contribution is 0.0958. The molecule has 2 heterocycles. The summed E-state index contributed by atoms with van der Waals surface area (Å²) in [6.45, 7) is 3.73. The Balaban J connectivity index is 1.39. The van der Waals surface area contributed by atoms with Crippen LogP contribution in [0.3, 0.4) is 0 Å². The van der Waals surface area contributed by atoms with Gasteiger partial charge in [0.1, 0.15) is 0 Å². The highest BCUT2D eigenvalue weighted by Gasteiger charge is 2.24. The van der Waals surface area contributed by atoms with E-state index >= 15 is 0 Å². The Labute approximate surface area is 191 Å². The minimum Gasteiger partial charge on any atom is -0.493 e. The highest BCUT2D eigenvalue weighted by molar-refractivity contribution is 8.00. The van der Waals surface area contributed by atoms with Crippen molar-refractivity contribution in [2.24, 2.45) is 0 Å². The standard InChI is InChI=1S/C24H26N2O3S2/c1-16-15-26(18-6-4-5-7-21(18)30-16)23-11-10-22(31-23)24(27)25-13-12-17-8-9-19(28-2)20(14-17)29-3/h4-11,14,16H,12-13,15H2,1-3H3,(H,25,27)/t16-/m0/s1. The number of benzene rings is 2. The number of nitrogens with zero attached hydrogens (tertiary/aromatic N) is 1. The summed E-state index contributed by atoms with van der Waals surface area (Å²) in [4.78, 5) is 17.0. The van der Waals surface area contributed by atoms with Crippen LogP contribution >= 0.6 is 23.1 Å². The largest absolute Gasteiger partial charge is 0.493 e. The predicted molar refractivity (Wildman–Crippen MR) is 129 cm³/mol. The predicted octanol–water partition coefficient (Wildman–Crippen LogP) is 5.37. The molecule has 0 aliphatic carbocycles. The SMILES string of the molecule is COc1ccc(CCNC(=O)c2ccc(N3C[C@H](C)Sc4ccccc43)s2)cc1OC. The van der Waals surface area contributed by atoms with Crippen molar-refractivity contribution in [3.63, 3.8) is 0 Å². The molecule has 1 aliphatic heterocycles. The van der Waals surface area contributed by atoms with Gasteiger partial charge >= 0.3 is 0 Å². The van der Waals surface area contributed by atoms with Gasteiger partial charge in [0.25, 0.3) is 5.91 Å². The van der Waals surface area contributed by atoms with Crippen LogP contribution < -0.4 is 19.7 Å². The van der Waals surface area contributed by atoms with E-state index in [1.54, 1.807) is 14.2 Å². The summed E-state index contributed by atoms with van der Waals surface area (Å²) in [6.07, 6.45) is 0.721. The van der Waals surface area contributed by atoms with Gasteiger partial charge in [0.2, 0.25) is 0 Å². The number of amides is 1. The maximum absolute atomic E-state index is 12.7. The molecule has 3 aromatic rings. The summed E-state index contributed by atoms with van der Waals surface area (Å²) in [6, 6.07) is 18.2. The third kappa shape index (κ3) is 4.83. The van der Waals surface area contributed by atoms with Crippen LogP contribution in [0.4, 0.5) is 10.7 Å². The van der Waals surface area contributed by atoms with Gasteiger partial charge in [-0.25, -0.2) is 0 Å². The second-order valence-electron chi connectivity index (χ2n) is 7.34. The smallest absolute Gasteiger partial charge is 0.261 e. The molecule has 1 aliphatic rings. The lowest BCUT2D eigenvalue weighted by atomic mass is 10.1. The minimum atomic E-state index is -0.0376. The number of thioether (sulfide) groups is 1. The van der Waals surface area contributed by atoms with Crippen molar-refractivity contribution in [2.45, 2.75) is 23.5 Å². The number of ether oxygens (including phenoxy) is 2. The number of hydrogen-bond acceptors (Lipinski definition) is 6. The van der Waals surface area contributed by atoms with Crippen LogP contribution in [0, 0.1) is 0 Å². The molecule has 0 saturated carbocycles. The summed E-state index contributed by atoms with van der Waals surface area (Å²) in [7, 11) is 3.24. The Morgan fingerprint density at radius 2 is 1.90 bits per heavy atom. The van der Waals surface area contributed by atoms with Gasteiger partial charge in [-0.3, -0.25) is 4.79 Å². The first-order chi connectivity index (χ1) is 15.1. The molecule has 0 fully saturated rings. The number of methoxy groups -OCH3 is 2. The van der Waals surface area contributed by atoms with E-state index in [0.717, 1.165) is 28.4 Å². The molecule has 1 N–H and O–H groups in total. The van der Waals surface area contributed by atoms with Gasteiger partial charge < -0.3 is 19.7 Å². The number of fused-ring (bicyclic) bond motifs is 1. The molecule has 4 rings (SSSR count). The van der Waals surface area contributed by atoms with E-state index in [2.05, 4.69) is 41.4 Å². The average molecular weight is 455 g/mol. The summed E-state index contributed by atoms with van der Waals surface area (Å²) < 4.78 is 10.6. The van der Waals surface area contributed by atoms with Crippen LogP contribution in [0.1, 0.15) is 22.2 Å². The van der Waals surface area contributed by atoms with Crippen LogP contribution in [0.2, 0.25) is 0 Å². The van der Waals surface area contributed by atoms with Crippen molar-refractivity contribution in [2.75, 3.05) is 32.2 Å². The maximum atomic E-state index is 12.7. The molecule has 1 atom stereocenters. The normalized spacial score (nSPS) is 15.3. The average Bonchev–Trinajstić information content (AvgIpc) is 3.28. The van der Waals surface area contributed by atoms with Gasteiger partial charge in [0.15, 0.2) is 11.5 Å². The first-order valence-electron chi connectivity index (χ1n) is 10.2. The summed E-state index contributed by atoms with van der Waals surface area (Å²) >= 11 is 3.44. The molecular weight excluding hydrogens is 428 g/mol. The van der Waals surface area contributed by atoms with Crippen LogP contribution in [0.5, 0.6) is 11.5 Å². The quantitative estimate of drug-likeness (QED) is 0.520. The number of nitrogens with one attached hydrogen (secondary N) is 1. The highest BCUT2D eigenvalue weighted by atomic mass is 32.2. The van der Waals surface area contributed by atoms with Crippen molar-refractivity contribution in [1.29, 1.82) is 0 Å². The molecule has 0 spiro atoms.